The molecule has 6 nitrogen and oxygen atoms in total. The fourth-order valence-corrected chi connectivity index (χ4v) is 4.92. The Bertz CT molecular complexity index is 799. The molecule has 1 saturated heterocycles. The number of rotatable bonds is 3. The smallest absolute Gasteiger partial charge is 0.320 e. The lowest BCUT2D eigenvalue weighted by Gasteiger charge is -2.32. The van der Waals surface area contributed by atoms with Gasteiger partial charge in [-0.25, -0.2) is 4.98 Å². The molecule has 0 bridgehead atoms. The molecule has 2 fully saturated rings. The van der Waals surface area contributed by atoms with Crippen LogP contribution in [0.2, 0.25) is 0 Å². The summed E-state index contributed by atoms with van der Waals surface area (Å²) >= 11 is 1.42. The fraction of sp³-hybridized carbons (Fsp3) is 0.562. The van der Waals surface area contributed by atoms with Gasteiger partial charge < -0.3 is 5.11 Å². The zero-order chi connectivity index (χ0) is 16.0. The number of hydrogen-bond donors (Lipinski definition) is 1. The number of thiazole rings is 1. The summed E-state index contributed by atoms with van der Waals surface area (Å²) in [5.41, 5.74) is 0.576. The Morgan fingerprint density at radius 3 is 3.04 bits per heavy atom. The zero-order valence-corrected chi connectivity index (χ0v) is 13.5. The molecular weight excluding hydrogens is 314 g/mol. The van der Waals surface area contributed by atoms with Crippen molar-refractivity contribution in [3.8, 4) is 0 Å². The van der Waals surface area contributed by atoms with Gasteiger partial charge in [-0.05, 0) is 25.2 Å². The normalized spacial score (nSPS) is 28.1. The summed E-state index contributed by atoms with van der Waals surface area (Å²) in [6.45, 7) is 0.446. The monoisotopic (exact) mass is 333 g/mol. The third kappa shape index (κ3) is 2.57. The molecule has 1 aliphatic carbocycles. The summed E-state index contributed by atoms with van der Waals surface area (Å²) in [6.07, 6.45) is 6.96. The molecule has 2 aromatic rings. The van der Waals surface area contributed by atoms with Crippen molar-refractivity contribution in [3.05, 3.63) is 33.7 Å². The molecule has 4 rings (SSSR count). The van der Waals surface area contributed by atoms with Crippen molar-refractivity contribution in [1.29, 1.82) is 0 Å². The van der Waals surface area contributed by atoms with Crippen molar-refractivity contribution in [2.24, 2.45) is 5.92 Å². The molecule has 3 atom stereocenters. The largest absolute Gasteiger partial charge is 0.480 e. The number of hydrogen-bond acceptors (Lipinski definition) is 5. The lowest BCUT2D eigenvalue weighted by Crippen LogP contribution is -2.42. The van der Waals surface area contributed by atoms with Gasteiger partial charge in [-0.3, -0.25) is 18.9 Å². The predicted molar refractivity (Wildman–Crippen MR) is 86.7 cm³/mol. The van der Waals surface area contributed by atoms with Crippen LogP contribution >= 0.6 is 11.3 Å². The minimum Gasteiger partial charge on any atom is -0.480 e. The molecule has 1 N–H and O–H groups in total. The zero-order valence-electron chi connectivity index (χ0n) is 12.7. The van der Waals surface area contributed by atoms with Gasteiger partial charge in [-0.1, -0.05) is 12.8 Å². The van der Waals surface area contributed by atoms with Gasteiger partial charge in [-0.15, -0.1) is 11.3 Å². The molecule has 122 valence electrons. The van der Waals surface area contributed by atoms with Gasteiger partial charge in [-0.2, -0.15) is 0 Å². The molecule has 1 saturated carbocycles. The summed E-state index contributed by atoms with van der Waals surface area (Å²) in [5.74, 6) is -0.287. The van der Waals surface area contributed by atoms with Crippen molar-refractivity contribution in [3.63, 3.8) is 0 Å². The maximum atomic E-state index is 12.1. The highest BCUT2D eigenvalue weighted by Gasteiger charge is 2.45. The highest BCUT2D eigenvalue weighted by molar-refractivity contribution is 7.15. The second kappa shape index (κ2) is 5.72. The first-order valence-corrected chi connectivity index (χ1v) is 8.96. The maximum Gasteiger partial charge on any atom is 0.320 e. The number of aliphatic carboxylic acids is 1. The van der Waals surface area contributed by atoms with Gasteiger partial charge in [0.15, 0.2) is 4.96 Å². The maximum absolute atomic E-state index is 12.1. The van der Waals surface area contributed by atoms with Crippen LogP contribution in [-0.4, -0.2) is 37.4 Å². The average molecular weight is 333 g/mol. The van der Waals surface area contributed by atoms with Gasteiger partial charge >= 0.3 is 5.97 Å². The van der Waals surface area contributed by atoms with Gasteiger partial charge in [0.2, 0.25) is 0 Å². The molecule has 1 aliphatic heterocycles. The van der Waals surface area contributed by atoms with Crippen molar-refractivity contribution in [2.75, 3.05) is 0 Å². The molecule has 0 aromatic carbocycles. The molecule has 2 aromatic heterocycles. The molecule has 0 amide bonds. The number of fused-ring (bicyclic) bond motifs is 2. The van der Waals surface area contributed by atoms with E-state index in [1.165, 1.54) is 28.2 Å². The van der Waals surface area contributed by atoms with Crippen LogP contribution in [0.25, 0.3) is 4.96 Å². The van der Waals surface area contributed by atoms with E-state index in [0.29, 0.717) is 29.2 Å². The molecule has 0 spiro atoms. The van der Waals surface area contributed by atoms with Crippen LogP contribution in [0, 0.1) is 5.92 Å². The van der Waals surface area contributed by atoms with E-state index in [1.54, 1.807) is 6.20 Å². The van der Waals surface area contributed by atoms with E-state index in [9.17, 15) is 14.7 Å². The van der Waals surface area contributed by atoms with Crippen molar-refractivity contribution in [1.82, 2.24) is 14.3 Å². The van der Waals surface area contributed by atoms with E-state index in [4.69, 9.17) is 0 Å². The molecule has 7 heteroatoms. The van der Waals surface area contributed by atoms with Gasteiger partial charge in [0.1, 0.15) is 6.04 Å². The first kappa shape index (κ1) is 14.8. The van der Waals surface area contributed by atoms with Crippen LogP contribution in [0.1, 0.15) is 37.8 Å². The number of carbonyl (C=O) groups is 1. The number of carboxylic acids is 1. The van der Waals surface area contributed by atoms with E-state index in [0.717, 1.165) is 25.7 Å². The van der Waals surface area contributed by atoms with Crippen LogP contribution in [-0.2, 0) is 11.3 Å². The van der Waals surface area contributed by atoms with Crippen LogP contribution in [0.5, 0.6) is 0 Å². The highest BCUT2D eigenvalue weighted by atomic mass is 32.1. The SMILES string of the molecule is O=C(O)[C@@H]1C[C@H]2CCCC[C@H]2N1Cc1cc(=O)n2ccsc2n1. The molecule has 3 heterocycles. The Hall–Kier alpha value is -1.73. The van der Waals surface area contributed by atoms with Crippen LogP contribution in [0.3, 0.4) is 0 Å². The van der Waals surface area contributed by atoms with Gasteiger partial charge in [0.05, 0.1) is 5.69 Å². The number of likely N-dealkylation sites (tertiary alicyclic amines) is 1. The Balaban J connectivity index is 1.66. The first-order valence-electron chi connectivity index (χ1n) is 8.08. The summed E-state index contributed by atoms with van der Waals surface area (Å²) < 4.78 is 1.52. The fourth-order valence-electron chi connectivity index (χ4n) is 4.18. The van der Waals surface area contributed by atoms with Crippen LogP contribution < -0.4 is 5.56 Å². The molecular formula is C16H19N3O3S. The number of nitrogens with zero attached hydrogens (tertiary/aromatic N) is 3. The number of carboxylic acid groups (broad SMARTS) is 1. The quantitative estimate of drug-likeness (QED) is 0.929. The summed E-state index contributed by atoms with van der Waals surface area (Å²) in [6, 6.07) is 1.40. The average Bonchev–Trinajstić information content (AvgIpc) is 3.13. The lowest BCUT2D eigenvalue weighted by molar-refractivity contribution is -0.142. The molecule has 2 aliphatic rings. The van der Waals surface area contributed by atoms with Gasteiger partial charge in [0, 0.05) is 30.2 Å². The van der Waals surface area contributed by atoms with E-state index in [2.05, 4.69) is 9.88 Å². The minimum absolute atomic E-state index is 0.0995. The van der Waals surface area contributed by atoms with Crippen LogP contribution in [0.4, 0.5) is 0 Å². The Kier molecular flexibility index (Phi) is 3.69. The van der Waals surface area contributed by atoms with E-state index in [-0.39, 0.29) is 5.56 Å². The second-order valence-corrected chi connectivity index (χ2v) is 7.39. The lowest BCUT2D eigenvalue weighted by atomic mass is 9.85. The summed E-state index contributed by atoms with van der Waals surface area (Å²) in [5, 5.41) is 11.4. The van der Waals surface area contributed by atoms with Crippen molar-refractivity contribution >= 4 is 22.3 Å². The molecule has 0 radical (unpaired) electrons. The summed E-state index contributed by atoms with van der Waals surface area (Å²) in [7, 11) is 0. The standard InChI is InChI=1S/C16H19N3O3S/c20-14-8-11(17-16-18(14)5-6-23-16)9-19-12-4-2-1-3-10(12)7-13(19)15(21)22/h5-6,8,10,12-13H,1-4,7,9H2,(H,21,22)/t10-,12-,13+/m1/s1. The van der Waals surface area contributed by atoms with E-state index >= 15 is 0 Å². The first-order chi connectivity index (χ1) is 11.1. The Labute approximate surface area is 137 Å². The molecule has 23 heavy (non-hydrogen) atoms. The van der Waals surface area contributed by atoms with E-state index < -0.39 is 12.0 Å². The van der Waals surface area contributed by atoms with Crippen LogP contribution in [0.15, 0.2) is 22.4 Å². The van der Waals surface area contributed by atoms with Gasteiger partial charge in [0.25, 0.3) is 5.56 Å². The third-order valence-electron chi connectivity index (χ3n) is 5.21. The highest BCUT2D eigenvalue weighted by Crippen LogP contribution is 2.40. The minimum atomic E-state index is -0.756. The van der Waals surface area contributed by atoms with E-state index in [1.807, 2.05) is 5.38 Å². The topological polar surface area (TPSA) is 74.9 Å². The second-order valence-electron chi connectivity index (χ2n) is 6.52. The van der Waals surface area contributed by atoms with Crippen molar-refractivity contribution < 1.29 is 9.90 Å². The predicted octanol–water partition coefficient (Wildman–Crippen LogP) is 1.97. The number of aromatic nitrogens is 2. The Morgan fingerprint density at radius 1 is 1.39 bits per heavy atom. The summed E-state index contributed by atoms with van der Waals surface area (Å²) in [4.78, 5) is 31.1. The van der Waals surface area contributed by atoms with Crippen molar-refractivity contribution in [2.45, 2.75) is 50.7 Å². The molecule has 0 unspecified atom stereocenters. The third-order valence-corrected chi connectivity index (χ3v) is 5.96. The Morgan fingerprint density at radius 2 is 2.22 bits per heavy atom.